The van der Waals surface area contributed by atoms with Crippen LogP contribution in [0.1, 0.15) is 54.4 Å². The highest BCUT2D eigenvalue weighted by molar-refractivity contribution is 7.92. The minimum absolute atomic E-state index is 0.0226. The highest BCUT2D eigenvalue weighted by Gasteiger charge is 2.35. The third-order valence-corrected chi connectivity index (χ3v) is 10.5. The van der Waals surface area contributed by atoms with Crippen molar-refractivity contribution < 1.29 is 22.4 Å². The van der Waals surface area contributed by atoms with Crippen molar-refractivity contribution in [2.45, 2.75) is 75.9 Å². The van der Waals surface area contributed by atoms with Gasteiger partial charge in [-0.3, -0.25) is 13.9 Å². The smallest absolute Gasteiger partial charge is 0.264 e. The second kappa shape index (κ2) is 15.4. The normalized spacial score (nSPS) is 14.3. The lowest BCUT2D eigenvalue weighted by Crippen LogP contribution is -2.55. The van der Waals surface area contributed by atoms with Gasteiger partial charge in [-0.25, -0.2) is 12.8 Å². The van der Waals surface area contributed by atoms with Gasteiger partial charge in [-0.2, -0.15) is 0 Å². The Kier molecular flexibility index (Phi) is 11.1. The van der Waals surface area contributed by atoms with E-state index in [1.807, 2.05) is 50.2 Å². The summed E-state index contributed by atoms with van der Waals surface area (Å²) in [6.07, 6.45) is 5.00. The number of amides is 2. The average Bonchev–Trinajstić information content (AvgIpc) is 3.07. The number of aryl methyl sites for hydroxylation is 2. The van der Waals surface area contributed by atoms with Gasteiger partial charge < -0.3 is 10.2 Å². The number of nitrogens with one attached hydrogen (secondary N) is 1. The van der Waals surface area contributed by atoms with Crippen LogP contribution in [0, 0.1) is 19.7 Å². The number of benzene rings is 4. The first-order valence-corrected chi connectivity index (χ1v) is 17.6. The van der Waals surface area contributed by atoms with E-state index in [0.29, 0.717) is 5.69 Å². The molecular weight excluding hydrogens is 614 g/mol. The summed E-state index contributed by atoms with van der Waals surface area (Å²) in [6, 6.07) is 27.8. The minimum Gasteiger partial charge on any atom is -0.352 e. The van der Waals surface area contributed by atoms with Crippen molar-refractivity contribution in [2.75, 3.05) is 10.8 Å². The van der Waals surface area contributed by atoms with Gasteiger partial charge in [0, 0.05) is 24.6 Å². The molecule has 9 heteroatoms. The summed E-state index contributed by atoms with van der Waals surface area (Å²) in [7, 11) is -4.21. The van der Waals surface area contributed by atoms with E-state index in [1.165, 1.54) is 23.1 Å². The molecule has 1 saturated carbocycles. The lowest BCUT2D eigenvalue weighted by molar-refractivity contribution is -0.140. The molecule has 0 radical (unpaired) electrons. The fourth-order valence-electron chi connectivity index (χ4n) is 6.06. The van der Waals surface area contributed by atoms with Gasteiger partial charge in [-0.15, -0.1) is 0 Å². The van der Waals surface area contributed by atoms with Gasteiger partial charge >= 0.3 is 0 Å². The zero-order valence-corrected chi connectivity index (χ0v) is 27.8. The topological polar surface area (TPSA) is 86.8 Å². The number of sulfonamides is 1. The van der Waals surface area contributed by atoms with E-state index in [9.17, 15) is 18.0 Å². The van der Waals surface area contributed by atoms with Crippen LogP contribution in [-0.4, -0.2) is 43.8 Å². The van der Waals surface area contributed by atoms with Crippen LogP contribution in [0.15, 0.2) is 108 Å². The predicted octanol–water partition coefficient (Wildman–Crippen LogP) is 6.73. The lowest BCUT2D eigenvalue weighted by Gasteiger charge is -2.35. The number of carbonyl (C=O) groups excluding carboxylic acids is 2. The van der Waals surface area contributed by atoms with Gasteiger partial charge in [0.1, 0.15) is 18.4 Å². The number of hydrogen-bond acceptors (Lipinski definition) is 4. The lowest BCUT2D eigenvalue weighted by atomic mass is 9.94. The summed E-state index contributed by atoms with van der Waals surface area (Å²) in [4.78, 5) is 30.1. The third-order valence-electron chi connectivity index (χ3n) is 8.70. The van der Waals surface area contributed by atoms with Crippen molar-refractivity contribution in [1.29, 1.82) is 0 Å². The zero-order chi connectivity index (χ0) is 33.4. The van der Waals surface area contributed by atoms with E-state index in [2.05, 4.69) is 5.32 Å². The quantitative estimate of drug-likeness (QED) is 0.184. The van der Waals surface area contributed by atoms with E-state index in [1.54, 1.807) is 48.5 Å². The van der Waals surface area contributed by atoms with Gasteiger partial charge in [0.2, 0.25) is 11.8 Å². The summed E-state index contributed by atoms with van der Waals surface area (Å²) in [5.41, 5.74) is 3.08. The molecule has 1 aliphatic rings. The molecule has 1 aliphatic carbocycles. The average molecular weight is 656 g/mol. The Morgan fingerprint density at radius 1 is 0.830 bits per heavy atom. The molecule has 2 amide bonds. The maximum Gasteiger partial charge on any atom is 0.264 e. The molecule has 1 fully saturated rings. The van der Waals surface area contributed by atoms with Crippen LogP contribution in [0.4, 0.5) is 10.1 Å². The largest absolute Gasteiger partial charge is 0.352 e. The molecule has 1 atom stereocenters. The Balaban J connectivity index is 1.57. The van der Waals surface area contributed by atoms with E-state index in [0.717, 1.165) is 53.1 Å². The first kappa shape index (κ1) is 33.9. The fraction of sp³-hybridized carbons (Fsp3) is 0.316. The van der Waals surface area contributed by atoms with Crippen LogP contribution in [0.25, 0.3) is 0 Å². The summed E-state index contributed by atoms with van der Waals surface area (Å²) < 4.78 is 44.6. The minimum atomic E-state index is -4.21. The molecule has 0 aromatic heterocycles. The van der Waals surface area contributed by atoms with Gasteiger partial charge in [0.05, 0.1) is 10.6 Å². The van der Waals surface area contributed by atoms with Crippen molar-refractivity contribution in [1.82, 2.24) is 10.2 Å². The maximum atomic E-state index is 15.1. The SMILES string of the molecule is Cc1ccc(S(=O)(=O)N(CC(=O)N(Cc2ccccc2F)[C@H](Cc2ccccc2)C(=O)NC2CCCCC2)c2cccc(C)c2)cc1. The molecule has 7 nitrogen and oxygen atoms in total. The first-order valence-electron chi connectivity index (χ1n) is 16.1. The molecule has 4 aromatic carbocycles. The number of hydrogen-bond donors (Lipinski definition) is 1. The highest BCUT2D eigenvalue weighted by atomic mass is 32.2. The van der Waals surface area contributed by atoms with Crippen molar-refractivity contribution in [3.8, 4) is 0 Å². The first-order chi connectivity index (χ1) is 22.6. The third kappa shape index (κ3) is 8.65. The fourth-order valence-corrected chi connectivity index (χ4v) is 7.46. The van der Waals surface area contributed by atoms with Gasteiger partial charge in [-0.05, 0) is 68.1 Å². The van der Waals surface area contributed by atoms with Crippen molar-refractivity contribution >= 4 is 27.5 Å². The predicted molar refractivity (Wildman–Crippen MR) is 183 cm³/mol. The van der Waals surface area contributed by atoms with E-state index >= 15 is 4.39 Å². The van der Waals surface area contributed by atoms with Crippen molar-refractivity contribution in [3.63, 3.8) is 0 Å². The highest BCUT2D eigenvalue weighted by Crippen LogP contribution is 2.27. The molecule has 47 heavy (non-hydrogen) atoms. The van der Waals surface area contributed by atoms with Gasteiger partial charge in [0.15, 0.2) is 0 Å². The second-order valence-electron chi connectivity index (χ2n) is 12.3. The molecule has 246 valence electrons. The van der Waals surface area contributed by atoms with Crippen LogP contribution >= 0.6 is 0 Å². The second-order valence-corrected chi connectivity index (χ2v) is 14.2. The zero-order valence-electron chi connectivity index (χ0n) is 26.9. The Morgan fingerprint density at radius 3 is 2.19 bits per heavy atom. The molecule has 1 N–H and O–H groups in total. The maximum absolute atomic E-state index is 15.1. The number of nitrogens with zero attached hydrogens (tertiary/aromatic N) is 2. The Hall–Kier alpha value is -4.50. The molecule has 0 aliphatic heterocycles. The number of rotatable bonds is 12. The molecule has 5 rings (SSSR count). The van der Waals surface area contributed by atoms with Gasteiger partial charge in [0.25, 0.3) is 10.0 Å². The van der Waals surface area contributed by atoms with E-state index < -0.39 is 34.3 Å². The van der Waals surface area contributed by atoms with Crippen LogP contribution < -0.4 is 9.62 Å². The number of anilines is 1. The summed E-state index contributed by atoms with van der Waals surface area (Å²) in [5.74, 6) is -1.47. The summed E-state index contributed by atoms with van der Waals surface area (Å²) in [5, 5.41) is 3.17. The van der Waals surface area contributed by atoms with E-state index in [-0.39, 0.29) is 35.4 Å². The van der Waals surface area contributed by atoms with Crippen molar-refractivity contribution in [3.05, 3.63) is 131 Å². The molecule has 0 saturated heterocycles. The summed E-state index contributed by atoms with van der Waals surface area (Å²) >= 11 is 0. The molecule has 4 aromatic rings. The number of halogens is 1. The molecule has 0 bridgehead atoms. The van der Waals surface area contributed by atoms with Crippen LogP contribution in [0.3, 0.4) is 0 Å². The van der Waals surface area contributed by atoms with Crippen LogP contribution in [0.2, 0.25) is 0 Å². The van der Waals surface area contributed by atoms with Crippen LogP contribution in [0.5, 0.6) is 0 Å². The summed E-state index contributed by atoms with van der Waals surface area (Å²) in [6.45, 7) is 2.91. The van der Waals surface area contributed by atoms with Crippen LogP contribution in [-0.2, 0) is 32.6 Å². The standard InChI is InChI=1S/C38H42FN3O4S/c1-28-20-22-34(23-21-28)47(45,46)42(33-18-11-12-29(2)24-33)27-37(43)41(26-31-15-9-10-19-35(31)39)36(25-30-13-5-3-6-14-30)38(44)40-32-16-7-4-8-17-32/h3,5-6,9-15,18-24,32,36H,4,7-8,16-17,25-27H2,1-2H3,(H,40,44)/t36-/m1/s1. The monoisotopic (exact) mass is 655 g/mol. The molecule has 0 unspecified atom stereocenters. The molecular formula is C38H42FN3O4S. The Morgan fingerprint density at radius 2 is 1.51 bits per heavy atom. The number of carbonyl (C=O) groups is 2. The van der Waals surface area contributed by atoms with Gasteiger partial charge in [-0.1, -0.05) is 97.6 Å². The molecule has 0 spiro atoms. The van der Waals surface area contributed by atoms with E-state index in [4.69, 9.17) is 0 Å². The Bertz CT molecular complexity index is 1770. The molecule has 0 heterocycles. The Labute approximate surface area is 277 Å². The van der Waals surface area contributed by atoms with Crippen molar-refractivity contribution in [2.24, 2.45) is 0 Å².